The fourth-order valence-corrected chi connectivity index (χ4v) is 2.89. The van der Waals surface area contributed by atoms with Crippen LogP contribution in [0.5, 0.6) is 17.2 Å². The van der Waals surface area contributed by atoms with Gasteiger partial charge in [-0.1, -0.05) is 0 Å². The number of carboxylic acid groups (broad SMARTS) is 2. The molecule has 8 heteroatoms. The molecule has 1 aliphatic rings. The molecular formula is C16H19NO7. The van der Waals surface area contributed by atoms with Gasteiger partial charge in [0, 0.05) is 12.1 Å². The van der Waals surface area contributed by atoms with E-state index >= 15 is 0 Å². The average Bonchev–Trinajstić information content (AvgIpc) is 2.92. The minimum Gasteiger partial charge on any atom is -0.493 e. The van der Waals surface area contributed by atoms with Crippen molar-refractivity contribution in [3.05, 3.63) is 17.7 Å². The lowest BCUT2D eigenvalue weighted by molar-refractivity contribution is -0.159. The highest BCUT2D eigenvalue weighted by atomic mass is 16.5. The van der Waals surface area contributed by atoms with Crippen molar-refractivity contribution in [1.29, 1.82) is 0 Å². The maximum absolute atomic E-state index is 11.6. The maximum atomic E-state index is 11.6. The Kier molecular flexibility index (Phi) is 4.68. The SMILES string of the molecule is COc1cc(C2CC(C(=O)O)(C(=O)O)C(C)=N2)cc(OC)c1OC. The molecule has 1 aromatic rings. The number of nitrogens with zero attached hydrogens (tertiary/aromatic N) is 1. The van der Waals surface area contributed by atoms with E-state index in [9.17, 15) is 19.8 Å². The molecule has 1 heterocycles. The largest absolute Gasteiger partial charge is 0.493 e. The van der Waals surface area contributed by atoms with E-state index in [-0.39, 0.29) is 12.1 Å². The van der Waals surface area contributed by atoms with Gasteiger partial charge in [0.2, 0.25) is 11.2 Å². The van der Waals surface area contributed by atoms with Crippen molar-refractivity contribution in [2.75, 3.05) is 21.3 Å². The van der Waals surface area contributed by atoms with E-state index in [1.54, 1.807) is 12.1 Å². The van der Waals surface area contributed by atoms with E-state index in [1.165, 1.54) is 28.3 Å². The van der Waals surface area contributed by atoms with E-state index in [4.69, 9.17) is 14.2 Å². The fraction of sp³-hybridized carbons (Fsp3) is 0.438. The summed E-state index contributed by atoms with van der Waals surface area (Å²) in [5.41, 5.74) is -1.38. The lowest BCUT2D eigenvalue weighted by atomic mass is 9.79. The molecule has 0 radical (unpaired) electrons. The zero-order valence-corrected chi connectivity index (χ0v) is 13.8. The highest BCUT2D eigenvalue weighted by Gasteiger charge is 2.54. The van der Waals surface area contributed by atoms with E-state index in [0.717, 1.165) is 0 Å². The molecule has 0 aliphatic carbocycles. The summed E-state index contributed by atoms with van der Waals surface area (Å²) in [7, 11) is 4.39. The molecule has 0 fully saturated rings. The quantitative estimate of drug-likeness (QED) is 0.760. The molecular weight excluding hydrogens is 318 g/mol. The molecule has 1 aliphatic heterocycles. The van der Waals surface area contributed by atoms with Crippen molar-refractivity contribution in [3.8, 4) is 17.2 Å². The number of aliphatic carboxylic acids is 2. The van der Waals surface area contributed by atoms with Crippen LogP contribution in [0.4, 0.5) is 0 Å². The Bertz CT molecular complexity index is 671. The van der Waals surface area contributed by atoms with Crippen LogP contribution in [-0.2, 0) is 9.59 Å². The second-order valence-electron chi connectivity index (χ2n) is 5.41. The van der Waals surface area contributed by atoms with Crippen LogP contribution in [0.2, 0.25) is 0 Å². The van der Waals surface area contributed by atoms with Gasteiger partial charge in [-0.15, -0.1) is 0 Å². The predicted molar refractivity (Wildman–Crippen MR) is 84.3 cm³/mol. The van der Waals surface area contributed by atoms with Gasteiger partial charge in [-0.05, 0) is 24.6 Å². The maximum Gasteiger partial charge on any atom is 0.326 e. The number of ether oxygens (including phenoxy) is 3. The second kappa shape index (κ2) is 6.38. The Labute approximate surface area is 138 Å². The molecule has 8 nitrogen and oxygen atoms in total. The molecule has 24 heavy (non-hydrogen) atoms. The first-order valence-corrected chi connectivity index (χ1v) is 7.13. The van der Waals surface area contributed by atoms with E-state index < -0.39 is 23.4 Å². The van der Waals surface area contributed by atoms with Gasteiger partial charge < -0.3 is 24.4 Å². The summed E-state index contributed by atoms with van der Waals surface area (Å²) in [6.07, 6.45) is -0.178. The number of carboxylic acids is 2. The van der Waals surface area contributed by atoms with Crippen LogP contribution in [0.3, 0.4) is 0 Å². The first-order chi connectivity index (χ1) is 11.3. The molecule has 0 saturated carbocycles. The third-order valence-corrected chi connectivity index (χ3v) is 4.27. The van der Waals surface area contributed by atoms with Crippen molar-refractivity contribution in [3.63, 3.8) is 0 Å². The Balaban J connectivity index is 2.52. The van der Waals surface area contributed by atoms with Crippen LogP contribution in [0, 0.1) is 5.41 Å². The molecule has 2 rings (SSSR count). The van der Waals surface area contributed by atoms with Crippen LogP contribution in [0.1, 0.15) is 24.9 Å². The molecule has 1 unspecified atom stereocenters. The van der Waals surface area contributed by atoms with Gasteiger partial charge in [0.05, 0.1) is 27.4 Å². The van der Waals surface area contributed by atoms with E-state index in [1.807, 2.05) is 0 Å². The first-order valence-electron chi connectivity index (χ1n) is 7.13. The standard InChI is InChI=1S/C16H19NO7/c1-8-16(14(18)19,15(20)21)7-10(17-8)9-5-11(22-2)13(24-4)12(6-9)23-3/h5-6,10H,7H2,1-4H3,(H,18,19)(H,20,21). The van der Waals surface area contributed by atoms with Crippen molar-refractivity contribution in [2.24, 2.45) is 10.4 Å². The van der Waals surface area contributed by atoms with Crippen LogP contribution in [0.25, 0.3) is 0 Å². The summed E-state index contributed by atoms with van der Waals surface area (Å²) in [6.45, 7) is 1.42. The summed E-state index contributed by atoms with van der Waals surface area (Å²) in [5.74, 6) is -1.67. The van der Waals surface area contributed by atoms with Crippen LogP contribution >= 0.6 is 0 Å². The minimum absolute atomic E-state index is 0.0567. The summed E-state index contributed by atoms with van der Waals surface area (Å²) >= 11 is 0. The van der Waals surface area contributed by atoms with Gasteiger partial charge in [0.25, 0.3) is 0 Å². The van der Waals surface area contributed by atoms with Gasteiger partial charge in [-0.2, -0.15) is 0 Å². The van der Waals surface area contributed by atoms with Crippen molar-refractivity contribution in [2.45, 2.75) is 19.4 Å². The molecule has 130 valence electrons. The predicted octanol–water partition coefficient (Wildman–Crippen LogP) is 1.77. The van der Waals surface area contributed by atoms with Gasteiger partial charge in [0.1, 0.15) is 0 Å². The number of hydrogen-bond acceptors (Lipinski definition) is 6. The first kappa shape index (κ1) is 17.6. The second-order valence-corrected chi connectivity index (χ2v) is 5.41. The summed E-state index contributed by atoms with van der Waals surface area (Å²) in [4.78, 5) is 27.4. The number of methoxy groups -OCH3 is 3. The molecule has 0 aromatic heterocycles. The number of aliphatic imine (C=N–C) groups is 1. The van der Waals surface area contributed by atoms with E-state index in [2.05, 4.69) is 4.99 Å². The number of rotatable bonds is 6. The zero-order valence-electron chi connectivity index (χ0n) is 13.8. The minimum atomic E-state index is -2.02. The number of carbonyl (C=O) groups is 2. The summed E-state index contributed by atoms with van der Waals surface area (Å²) in [6, 6.07) is 2.65. The molecule has 1 aromatic carbocycles. The normalized spacial score (nSPS) is 18.7. The monoisotopic (exact) mass is 337 g/mol. The topological polar surface area (TPSA) is 115 Å². The van der Waals surface area contributed by atoms with Crippen LogP contribution < -0.4 is 14.2 Å². The molecule has 1 atom stereocenters. The van der Waals surface area contributed by atoms with Crippen molar-refractivity contribution < 1.29 is 34.0 Å². The van der Waals surface area contributed by atoms with Crippen LogP contribution in [-0.4, -0.2) is 49.2 Å². The Hall–Kier alpha value is -2.77. The van der Waals surface area contributed by atoms with Crippen molar-refractivity contribution >= 4 is 17.7 Å². The third kappa shape index (κ3) is 2.53. The number of benzene rings is 1. The zero-order chi connectivity index (χ0) is 18.1. The Morgan fingerprint density at radius 1 is 1.08 bits per heavy atom. The lowest BCUT2D eigenvalue weighted by Gasteiger charge is -2.20. The van der Waals surface area contributed by atoms with Gasteiger partial charge in [0.15, 0.2) is 11.5 Å². The lowest BCUT2D eigenvalue weighted by Crippen LogP contribution is -2.43. The van der Waals surface area contributed by atoms with E-state index in [0.29, 0.717) is 22.8 Å². The van der Waals surface area contributed by atoms with Gasteiger partial charge in [-0.25, -0.2) is 0 Å². The third-order valence-electron chi connectivity index (χ3n) is 4.27. The highest BCUT2D eigenvalue weighted by Crippen LogP contribution is 2.46. The summed E-state index contributed by atoms with van der Waals surface area (Å²) in [5, 5.41) is 18.8. The Morgan fingerprint density at radius 2 is 1.58 bits per heavy atom. The smallest absolute Gasteiger partial charge is 0.326 e. The Morgan fingerprint density at radius 3 is 1.92 bits per heavy atom. The van der Waals surface area contributed by atoms with Crippen molar-refractivity contribution in [1.82, 2.24) is 0 Å². The molecule has 0 spiro atoms. The van der Waals surface area contributed by atoms with Gasteiger partial charge >= 0.3 is 11.9 Å². The fourth-order valence-electron chi connectivity index (χ4n) is 2.89. The highest BCUT2D eigenvalue weighted by molar-refractivity contribution is 6.21. The molecule has 0 amide bonds. The molecule has 0 saturated heterocycles. The molecule has 2 N–H and O–H groups in total. The number of hydrogen-bond donors (Lipinski definition) is 2. The average molecular weight is 337 g/mol. The molecule has 0 bridgehead atoms. The van der Waals surface area contributed by atoms with Gasteiger partial charge in [-0.3, -0.25) is 14.6 Å². The summed E-state index contributed by atoms with van der Waals surface area (Å²) < 4.78 is 15.8. The van der Waals surface area contributed by atoms with Crippen LogP contribution in [0.15, 0.2) is 17.1 Å².